The molecule has 0 spiro atoms. The molecule has 0 aliphatic rings. The third-order valence-electron chi connectivity index (χ3n) is 4.24. The Bertz CT molecular complexity index is 822. The number of esters is 1. The number of carbonyl (C=O) groups is 3. The largest absolute Gasteiger partial charge is 0.446 e. The van der Waals surface area contributed by atoms with E-state index >= 15 is 0 Å². The first-order valence-electron chi connectivity index (χ1n) is 9.38. The van der Waals surface area contributed by atoms with Crippen molar-refractivity contribution >= 4 is 23.6 Å². The normalized spacial score (nSPS) is 12.6. The summed E-state index contributed by atoms with van der Waals surface area (Å²) in [6, 6.07) is 16.3. The topological polar surface area (TPSA) is 87.7 Å². The maximum atomic E-state index is 12.8. The summed E-state index contributed by atoms with van der Waals surface area (Å²) < 4.78 is 5.56. The number of carbonyl (C=O) groups excluding carboxylic acids is 3. The number of nitrogens with one attached hydrogen (secondary N) is 2. The van der Waals surface area contributed by atoms with Gasteiger partial charge in [-0.2, -0.15) is 0 Å². The predicted octanol–water partition coefficient (Wildman–Crippen LogP) is 3.21. The van der Waals surface area contributed by atoms with Crippen LogP contribution in [-0.4, -0.2) is 42.9 Å². The van der Waals surface area contributed by atoms with Crippen LogP contribution in [0.2, 0.25) is 0 Å². The number of hydrogen-bond acceptors (Lipinski definition) is 4. The van der Waals surface area contributed by atoms with Gasteiger partial charge in [0, 0.05) is 25.3 Å². The molecule has 0 fully saturated rings. The summed E-state index contributed by atoms with van der Waals surface area (Å²) in [5, 5.41) is 5.32. The smallest absolute Gasteiger partial charge is 0.330 e. The standard InChI is InChI=1S/C22H27N3O4/c1-15(2)18(24-22(28)23-17-13-9-6-10-14-17)21(27)29-19(20(26)25(3)4)16-11-7-5-8-12-16/h5-15,18-19H,1-4H3,(H2,23,24,28)/t18-,19-/m1/s1. The molecular formula is C22H27N3O4. The molecule has 0 saturated carbocycles. The first kappa shape index (κ1) is 21.9. The molecule has 7 heteroatoms. The fraction of sp³-hybridized carbons (Fsp3) is 0.318. The van der Waals surface area contributed by atoms with Crippen molar-refractivity contribution in [2.45, 2.75) is 26.0 Å². The second kappa shape index (κ2) is 10.3. The SMILES string of the molecule is CC(C)[C@@H](NC(=O)Nc1ccccc1)C(=O)O[C@@H](C(=O)N(C)C)c1ccccc1. The van der Waals surface area contributed by atoms with Gasteiger partial charge in [-0.05, 0) is 18.1 Å². The monoisotopic (exact) mass is 397 g/mol. The van der Waals surface area contributed by atoms with Crippen molar-refractivity contribution in [3.05, 3.63) is 66.2 Å². The van der Waals surface area contributed by atoms with E-state index in [0.29, 0.717) is 11.3 Å². The molecule has 2 aromatic carbocycles. The summed E-state index contributed by atoms with van der Waals surface area (Å²) in [7, 11) is 3.19. The molecule has 2 atom stereocenters. The van der Waals surface area contributed by atoms with Gasteiger partial charge in [-0.3, -0.25) is 4.79 Å². The van der Waals surface area contributed by atoms with E-state index in [9.17, 15) is 14.4 Å². The summed E-state index contributed by atoms with van der Waals surface area (Å²) in [6.07, 6.45) is -1.08. The van der Waals surface area contributed by atoms with Gasteiger partial charge in [0.05, 0.1) is 0 Å². The van der Waals surface area contributed by atoms with Crippen LogP contribution >= 0.6 is 0 Å². The molecule has 0 saturated heterocycles. The highest BCUT2D eigenvalue weighted by Crippen LogP contribution is 2.21. The van der Waals surface area contributed by atoms with Crippen molar-refractivity contribution in [3.63, 3.8) is 0 Å². The van der Waals surface area contributed by atoms with E-state index in [1.165, 1.54) is 4.90 Å². The molecule has 3 amide bonds. The van der Waals surface area contributed by atoms with Gasteiger partial charge in [-0.25, -0.2) is 9.59 Å². The summed E-state index contributed by atoms with van der Waals surface area (Å²) in [6.45, 7) is 3.58. The van der Waals surface area contributed by atoms with Crippen LogP contribution in [0.25, 0.3) is 0 Å². The van der Waals surface area contributed by atoms with Gasteiger partial charge in [0.1, 0.15) is 6.04 Å². The van der Waals surface area contributed by atoms with E-state index in [2.05, 4.69) is 10.6 Å². The number of benzene rings is 2. The van der Waals surface area contributed by atoms with Gasteiger partial charge in [0.15, 0.2) is 0 Å². The number of rotatable bonds is 7. The fourth-order valence-electron chi connectivity index (χ4n) is 2.64. The molecule has 0 aromatic heterocycles. The molecule has 29 heavy (non-hydrogen) atoms. The highest BCUT2D eigenvalue weighted by Gasteiger charge is 2.32. The lowest BCUT2D eigenvalue weighted by molar-refractivity contribution is -0.162. The van der Waals surface area contributed by atoms with Crippen molar-refractivity contribution in [1.29, 1.82) is 0 Å². The van der Waals surface area contributed by atoms with Crippen LogP contribution < -0.4 is 10.6 Å². The third kappa shape index (κ3) is 6.34. The summed E-state index contributed by atoms with van der Waals surface area (Å²) in [4.78, 5) is 39.1. The van der Waals surface area contributed by atoms with Crippen LogP contribution in [0.15, 0.2) is 60.7 Å². The minimum atomic E-state index is -1.08. The maximum Gasteiger partial charge on any atom is 0.330 e. The lowest BCUT2D eigenvalue weighted by Crippen LogP contribution is -2.48. The number of urea groups is 1. The van der Waals surface area contributed by atoms with Crippen molar-refractivity contribution in [1.82, 2.24) is 10.2 Å². The van der Waals surface area contributed by atoms with Crippen LogP contribution in [0.4, 0.5) is 10.5 Å². The molecular weight excluding hydrogens is 370 g/mol. The molecule has 0 aliphatic heterocycles. The van der Waals surface area contributed by atoms with E-state index in [0.717, 1.165) is 0 Å². The van der Waals surface area contributed by atoms with Gasteiger partial charge >= 0.3 is 12.0 Å². The Hall–Kier alpha value is -3.35. The molecule has 2 rings (SSSR count). The Labute approximate surface area is 171 Å². The predicted molar refractivity (Wildman–Crippen MR) is 111 cm³/mol. The number of likely N-dealkylation sites (N-methyl/N-ethyl adjacent to an activating group) is 1. The van der Waals surface area contributed by atoms with Crippen LogP contribution in [0.1, 0.15) is 25.5 Å². The number of anilines is 1. The van der Waals surface area contributed by atoms with Crippen molar-refractivity contribution in [2.24, 2.45) is 5.92 Å². The van der Waals surface area contributed by atoms with Crippen LogP contribution in [0, 0.1) is 5.92 Å². The molecule has 0 heterocycles. The third-order valence-corrected chi connectivity index (χ3v) is 4.24. The Kier molecular flexibility index (Phi) is 7.77. The number of amides is 3. The Morgan fingerprint density at radius 1 is 0.897 bits per heavy atom. The lowest BCUT2D eigenvalue weighted by Gasteiger charge is -2.26. The average molecular weight is 397 g/mol. The Balaban J connectivity index is 2.13. The summed E-state index contributed by atoms with van der Waals surface area (Å²) in [5.41, 5.74) is 1.17. The summed E-state index contributed by atoms with van der Waals surface area (Å²) in [5.74, 6) is -1.28. The van der Waals surface area contributed by atoms with E-state index in [-0.39, 0.29) is 11.8 Å². The van der Waals surface area contributed by atoms with Crippen molar-refractivity contribution in [3.8, 4) is 0 Å². The van der Waals surface area contributed by atoms with Gasteiger partial charge in [0.2, 0.25) is 6.10 Å². The first-order chi connectivity index (χ1) is 13.8. The molecule has 154 valence electrons. The minimum Gasteiger partial charge on any atom is -0.446 e. The second-order valence-corrected chi connectivity index (χ2v) is 7.15. The number of para-hydroxylation sites is 1. The quantitative estimate of drug-likeness (QED) is 0.703. The maximum absolute atomic E-state index is 12.8. The molecule has 2 N–H and O–H groups in total. The van der Waals surface area contributed by atoms with Gasteiger partial charge in [-0.1, -0.05) is 62.4 Å². The Morgan fingerprint density at radius 3 is 1.97 bits per heavy atom. The molecule has 7 nitrogen and oxygen atoms in total. The molecule has 0 radical (unpaired) electrons. The number of hydrogen-bond donors (Lipinski definition) is 2. The lowest BCUT2D eigenvalue weighted by atomic mass is 10.0. The average Bonchev–Trinajstić information content (AvgIpc) is 2.70. The van der Waals surface area contributed by atoms with E-state index in [1.807, 2.05) is 12.1 Å². The van der Waals surface area contributed by atoms with E-state index in [4.69, 9.17) is 4.74 Å². The number of ether oxygens (including phenoxy) is 1. The zero-order valence-electron chi connectivity index (χ0n) is 17.1. The van der Waals surface area contributed by atoms with Crippen molar-refractivity contribution < 1.29 is 19.1 Å². The zero-order chi connectivity index (χ0) is 21.4. The fourth-order valence-corrected chi connectivity index (χ4v) is 2.64. The van der Waals surface area contributed by atoms with Crippen LogP contribution in [-0.2, 0) is 14.3 Å². The van der Waals surface area contributed by atoms with Crippen molar-refractivity contribution in [2.75, 3.05) is 19.4 Å². The van der Waals surface area contributed by atoms with Crippen LogP contribution in [0.5, 0.6) is 0 Å². The highest BCUT2D eigenvalue weighted by atomic mass is 16.5. The summed E-state index contributed by atoms with van der Waals surface area (Å²) >= 11 is 0. The first-order valence-corrected chi connectivity index (χ1v) is 9.38. The second-order valence-electron chi connectivity index (χ2n) is 7.15. The molecule has 2 aromatic rings. The molecule has 0 aliphatic carbocycles. The number of nitrogens with zero attached hydrogens (tertiary/aromatic N) is 1. The van der Waals surface area contributed by atoms with E-state index < -0.39 is 24.1 Å². The Morgan fingerprint density at radius 2 is 1.45 bits per heavy atom. The van der Waals surface area contributed by atoms with E-state index in [1.54, 1.807) is 76.5 Å². The molecule has 0 bridgehead atoms. The van der Waals surface area contributed by atoms with Gasteiger partial charge in [0.25, 0.3) is 5.91 Å². The highest BCUT2D eigenvalue weighted by molar-refractivity contribution is 5.93. The molecule has 0 unspecified atom stereocenters. The zero-order valence-corrected chi connectivity index (χ0v) is 17.1. The van der Waals surface area contributed by atoms with Crippen LogP contribution in [0.3, 0.4) is 0 Å². The van der Waals surface area contributed by atoms with Gasteiger partial charge < -0.3 is 20.3 Å². The minimum absolute atomic E-state index is 0.241. The van der Waals surface area contributed by atoms with Gasteiger partial charge in [-0.15, -0.1) is 0 Å².